The summed E-state index contributed by atoms with van der Waals surface area (Å²) >= 11 is 1.44. The van der Waals surface area contributed by atoms with E-state index in [0.717, 1.165) is 0 Å². The van der Waals surface area contributed by atoms with Crippen molar-refractivity contribution in [2.24, 2.45) is 0 Å². The summed E-state index contributed by atoms with van der Waals surface area (Å²) in [4.78, 5) is 23.1. The first-order valence-electron chi connectivity index (χ1n) is 3.00. The quantitative estimate of drug-likeness (QED) is 0.509. The fourth-order valence-electron chi connectivity index (χ4n) is 0.906. The van der Waals surface area contributed by atoms with Gasteiger partial charge in [-0.15, -0.1) is 0 Å². The molecule has 0 aliphatic carbocycles. The average molecular weight is 159 g/mol. The summed E-state index contributed by atoms with van der Waals surface area (Å²) in [7, 11) is 1.53. The summed E-state index contributed by atoms with van der Waals surface area (Å²) in [6.45, 7) is 0. The second-order valence-corrected chi connectivity index (χ2v) is 3.26. The Balaban J connectivity index is 2.71. The molecule has 1 heterocycles. The molecule has 3 nitrogen and oxygen atoms in total. The third-order valence-electron chi connectivity index (χ3n) is 1.62. The van der Waals surface area contributed by atoms with Gasteiger partial charge in [-0.1, -0.05) is 0 Å². The molecule has 1 aliphatic rings. The van der Waals surface area contributed by atoms with Gasteiger partial charge in [-0.3, -0.25) is 14.5 Å². The van der Waals surface area contributed by atoms with E-state index in [4.69, 9.17) is 0 Å². The zero-order valence-electron chi connectivity index (χ0n) is 5.96. The topological polar surface area (TPSA) is 37.4 Å². The zero-order chi connectivity index (χ0) is 7.72. The summed E-state index contributed by atoms with van der Waals surface area (Å²) in [6, 6.07) is 0. The van der Waals surface area contributed by atoms with Crippen LogP contribution in [-0.4, -0.2) is 35.3 Å². The van der Waals surface area contributed by atoms with Crippen LogP contribution in [0.3, 0.4) is 0 Å². The highest BCUT2D eigenvalue weighted by Gasteiger charge is 2.34. The van der Waals surface area contributed by atoms with Gasteiger partial charge in [-0.05, 0) is 6.26 Å². The largest absolute Gasteiger partial charge is 0.285 e. The SMILES string of the molecule is CS[C@H]1CC(=O)N(C)C1=O. The fraction of sp³-hybridized carbons (Fsp3) is 0.667. The van der Waals surface area contributed by atoms with Crippen LogP contribution >= 0.6 is 11.8 Å². The highest BCUT2D eigenvalue weighted by molar-refractivity contribution is 8.00. The van der Waals surface area contributed by atoms with E-state index in [0.29, 0.717) is 6.42 Å². The molecule has 1 saturated heterocycles. The molecule has 10 heavy (non-hydrogen) atoms. The van der Waals surface area contributed by atoms with Crippen LogP contribution in [0.4, 0.5) is 0 Å². The van der Waals surface area contributed by atoms with Gasteiger partial charge in [0.2, 0.25) is 11.8 Å². The molecule has 1 rings (SSSR count). The minimum atomic E-state index is -0.127. The average Bonchev–Trinajstić information content (AvgIpc) is 2.17. The minimum Gasteiger partial charge on any atom is -0.285 e. The van der Waals surface area contributed by atoms with E-state index in [9.17, 15) is 9.59 Å². The summed E-state index contributed by atoms with van der Waals surface area (Å²) in [5, 5.41) is -0.127. The van der Waals surface area contributed by atoms with Crippen molar-refractivity contribution in [3.05, 3.63) is 0 Å². The van der Waals surface area contributed by atoms with Gasteiger partial charge in [0.1, 0.15) is 0 Å². The highest BCUT2D eigenvalue weighted by atomic mass is 32.2. The van der Waals surface area contributed by atoms with E-state index in [2.05, 4.69) is 0 Å². The predicted octanol–water partition coefficient (Wildman–Crippen LogP) is 0.107. The first kappa shape index (κ1) is 7.60. The molecule has 0 aromatic rings. The highest BCUT2D eigenvalue weighted by Crippen LogP contribution is 2.21. The molecule has 0 aromatic carbocycles. The van der Waals surface area contributed by atoms with Gasteiger partial charge in [0.05, 0.1) is 5.25 Å². The van der Waals surface area contributed by atoms with Crippen molar-refractivity contribution in [1.82, 2.24) is 4.90 Å². The van der Waals surface area contributed by atoms with Crippen molar-refractivity contribution in [2.45, 2.75) is 11.7 Å². The number of hydrogen-bond acceptors (Lipinski definition) is 3. The zero-order valence-corrected chi connectivity index (χ0v) is 6.77. The van der Waals surface area contributed by atoms with Crippen LogP contribution < -0.4 is 0 Å². The van der Waals surface area contributed by atoms with Gasteiger partial charge in [0.25, 0.3) is 0 Å². The lowest BCUT2D eigenvalue weighted by Gasteiger charge is -2.04. The second-order valence-electron chi connectivity index (χ2n) is 2.22. The van der Waals surface area contributed by atoms with E-state index in [1.807, 2.05) is 6.26 Å². The number of imide groups is 1. The second kappa shape index (κ2) is 2.62. The maximum absolute atomic E-state index is 11.0. The summed E-state index contributed by atoms with van der Waals surface area (Å²) in [6.07, 6.45) is 2.21. The van der Waals surface area contributed by atoms with Crippen LogP contribution in [0.15, 0.2) is 0 Å². The number of rotatable bonds is 1. The Morgan fingerprint density at radius 3 is 2.40 bits per heavy atom. The number of amides is 2. The Morgan fingerprint density at radius 2 is 2.20 bits per heavy atom. The molecular formula is C6H9NO2S. The Morgan fingerprint density at radius 1 is 1.60 bits per heavy atom. The molecule has 1 aliphatic heterocycles. The van der Waals surface area contributed by atoms with Crippen LogP contribution in [0.5, 0.6) is 0 Å². The van der Waals surface area contributed by atoms with Crippen LogP contribution in [0.25, 0.3) is 0 Å². The first-order valence-corrected chi connectivity index (χ1v) is 4.29. The molecule has 1 fully saturated rings. The molecule has 0 bridgehead atoms. The first-order chi connectivity index (χ1) is 4.66. The molecule has 1 atom stereocenters. The molecule has 0 N–H and O–H groups in total. The van der Waals surface area contributed by atoms with Crippen molar-refractivity contribution in [3.63, 3.8) is 0 Å². The van der Waals surface area contributed by atoms with Crippen LogP contribution in [-0.2, 0) is 9.59 Å². The van der Waals surface area contributed by atoms with Crippen LogP contribution in [0.2, 0.25) is 0 Å². The summed E-state index contributed by atoms with van der Waals surface area (Å²) in [5.41, 5.74) is 0. The molecule has 0 radical (unpaired) electrons. The number of carbonyl (C=O) groups excluding carboxylic acids is 2. The lowest BCUT2D eigenvalue weighted by atomic mass is 10.4. The number of thioether (sulfide) groups is 1. The molecule has 0 saturated carbocycles. The van der Waals surface area contributed by atoms with Gasteiger partial charge in [0, 0.05) is 13.5 Å². The lowest BCUT2D eigenvalue weighted by molar-refractivity contribution is -0.136. The number of nitrogens with zero attached hydrogens (tertiary/aromatic N) is 1. The van der Waals surface area contributed by atoms with E-state index < -0.39 is 0 Å². The number of likely N-dealkylation sites (tertiary alicyclic amines) is 1. The monoisotopic (exact) mass is 159 g/mol. The van der Waals surface area contributed by atoms with Crippen molar-refractivity contribution < 1.29 is 9.59 Å². The predicted molar refractivity (Wildman–Crippen MR) is 39.7 cm³/mol. The van der Waals surface area contributed by atoms with E-state index in [-0.39, 0.29) is 17.1 Å². The molecule has 4 heteroatoms. The Labute approximate surface area is 63.8 Å². The Kier molecular flexibility index (Phi) is 1.99. The minimum absolute atomic E-state index is 0.0579. The summed E-state index contributed by atoms with van der Waals surface area (Å²) < 4.78 is 0. The van der Waals surface area contributed by atoms with Crippen LogP contribution in [0.1, 0.15) is 6.42 Å². The van der Waals surface area contributed by atoms with Gasteiger partial charge in [-0.25, -0.2) is 0 Å². The van der Waals surface area contributed by atoms with Gasteiger partial charge < -0.3 is 0 Å². The van der Waals surface area contributed by atoms with E-state index in [1.165, 1.54) is 23.7 Å². The lowest BCUT2D eigenvalue weighted by Crippen LogP contribution is -2.26. The smallest absolute Gasteiger partial charge is 0.242 e. The Bertz CT molecular complexity index is 181. The number of carbonyl (C=O) groups is 2. The normalized spacial score (nSPS) is 26.2. The molecular weight excluding hydrogens is 150 g/mol. The molecule has 0 aromatic heterocycles. The van der Waals surface area contributed by atoms with Crippen molar-refractivity contribution in [3.8, 4) is 0 Å². The van der Waals surface area contributed by atoms with E-state index in [1.54, 1.807) is 0 Å². The maximum Gasteiger partial charge on any atom is 0.242 e. The van der Waals surface area contributed by atoms with Crippen molar-refractivity contribution in [1.29, 1.82) is 0 Å². The fourth-order valence-corrected chi connectivity index (χ4v) is 1.57. The summed E-state index contributed by atoms with van der Waals surface area (Å²) in [5.74, 6) is -0.123. The maximum atomic E-state index is 11.0. The third kappa shape index (κ3) is 1.03. The molecule has 0 spiro atoms. The van der Waals surface area contributed by atoms with Gasteiger partial charge in [0.15, 0.2) is 0 Å². The standard InChI is InChI=1S/C6H9NO2S/c1-7-5(8)3-4(10-2)6(7)9/h4H,3H2,1-2H3/t4-/m0/s1. The van der Waals surface area contributed by atoms with Gasteiger partial charge in [-0.2, -0.15) is 11.8 Å². The van der Waals surface area contributed by atoms with Gasteiger partial charge >= 0.3 is 0 Å². The van der Waals surface area contributed by atoms with Crippen LogP contribution in [0, 0.1) is 0 Å². The molecule has 56 valence electrons. The number of hydrogen-bond donors (Lipinski definition) is 0. The van der Waals surface area contributed by atoms with E-state index >= 15 is 0 Å². The molecule has 2 amide bonds. The van der Waals surface area contributed by atoms with Crippen molar-refractivity contribution >= 4 is 23.6 Å². The van der Waals surface area contributed by atoms with Crippen molar-refractivity contribution in [2.75, 3.05) is 13.3 Å². The Hall–Kier alpha value is -0.510. The molecule has 0 unspecified atom stereocenters. The third-order valence-corrected chi connectivity index (χ3v) is 2.56.